The van der Waals surface area contributed by atoms with Gasteiger partial charge in [-0.15, -0.1) is 0 Å². The van der Waals surface area contributed by atoms with Crippen LogP contribution in [0, 0.1) is 12.7 Å². The molecular formula is C26H20F4N6O2. The quantitative estimate of drug-likeness (QED) is 0.230. The van der Waals surface area contributed by atoms with Crippen molar-refractivity contribution in [3.05, 3.63) is 83.4 Å². The fraction of sp³-hybridized carbons (Fsp3) is 0.154. The second-order valence-electron chi connectivity index (χ2n) is 8.46. The van der Waals surface area contributed by atoms with E-state index in [0.29, 0.717) is 22.8 Å². The highest BCUT2D eigenvalue weighted by atomic mass is 19.4. The average Bonchev–Trinajstić information content (AvgIpc) is 3.49. The van der Waals surface area contributed by atoms with Crippen molar-refractivity contribution in [3.63, 3.8) is 0 Å². The minimum atomic E-state index is -4.81. The Bertz CT molecular complexity index is 1680. The first-order chi connectivity index (χ1) is 18.1. The maximum Gasteiger partial charge on any atom is 0.417 e. The number of pyridine rings is 1. The third kappa shape index (κ3) is 4.33. The monoisotopic (exact) mass is 524 g/mol. The number of nitrogens with one attached hydrogen (secondary N) is 1. The molecule has 0 radical (unpaired) electrons. The highest BCUT2D eigenvalue weighted by Crippen LogP contribution is 2.40. The van der Waals surface area contributed by atoms with Gasteiger partial charge in [-0.05, 0) is 42.8 Å². The normalized spacial score (nSPS) is 11.7. The van der Waals surface area contributed by atoms with Gasteiger partial charge in [-0.3, -0.25) is 4.68 Å². The lowest BCUT2D eigenvalue weighted by molar-refractivity contribution is -0.137. The highest BCUT2D eigenvalue weighted by Gasteiger charge is 2.36. The van der Waals surface area contributed by atoms with Crippen molar-refractivity contribution < 1.29 is 27.1 Å². The summed E-state index contributed by atoms with van der Waals surface area (Å²) in [5, 5.41) is 11.6. The van der Waals surface area contributed by atoms with Crippen molar-refractivity contribution in [2.24, 2.45) is 7.05 Å². The maximum absolute atomic E-state index is 15.2. The Morgan fingerprint density at radius 3 is 2.42 bits per heavy atom. The molecule has 5 rings (SSSR count). The van der Waals surface area contributed by atoms with Crippen molar-refractivity contribution in [1.29, 1.82) is 0 Å². The second-order valence-corrected chi connectivity index (χ2v) is 8.46. The Kier molecular flexibility index (Phi) is 6.09. The lowest BCUT2D eigenvalue weighted by Crippen LogP contribution is -2.10. The number of nitrogens with zero attached hydrogens (tertiary/aromatic N) is 5. The van der Waals surface area contributed by atoms with Crippen LogP contribution in [0.5, 0.6) is 0 Å². The van der Waals surface area contributed by atoms with E-state index in [1.165, 1.54) is 34.9 Å². The largest absolute Gasteiger partial charge is 0.465 e. The van der Waals surface area contributed by atoms with Crippen molar-refractivity contribution >= 4 is 28.5 Å². The Morgan fingerprint density at radius 1 is 1.05 bits per heavy atom. The molecule has 3 heterocycles. The lowest BCUT2D eigenvalue weighted by atomic mass is 10.0. The zero-order chi connectivity index (χ0) is 27.2. The molecule has 2 aromatic carbocycles. The van der Waals surface area contributed by atoms with Gasteiger partial charge in [-0.25, -0.2) is 18.9 Å². The summed E-state index contributed by atoms with van der Waals surface area (Å²) in [7, 11) is 2.81. The van der Waals surface area contributed by atoms with Crippen LogP contribution in [0.2, 0.25) is 0 Å². The zero-order valence-electron chi connectivity index (χ0n) is 20.3. The molecule has 3 aromatic heterocycles. The molecule has 8 nitrogen and oxygen atoms in total. The van der Waals surface area contributed by atoms with Gasteiger partial charge < -0.3 is 10.1 Å². The number of esters is 1. The number of aryl methyl sites for hydroxylation is 2. The van der Waals surface area contributed by atoms with E-state index in [1.54, 1.807) is 44.3 Å². The summed E-state index contributed by atoms with van der Waals surface area (Å²) in [4.78, 5) is 16.6. The fourth-order valence-corrected chi connectivity index (χ4v) is 4.12. The second kappa shape index (κ2) is 9.29. The molecule has 0 fully saturated rings. The van der Waals surface area contributed by atoms with Gasteiger partial charge in [0.2, 0.25) is 0 Å². The van der Waals surface area contributed by atoms with Crippen molar-refractivity contribution in [1.82, 2.24) is 24.5 Å². The number of benzene rings is 2. The Balaban J connectivity index is 1.73. The number of hydrogen-bond donors (Lipinski definition) is 1. The van der Waals surface area contributed by atoms with Crippen LogP contribution in [0.3, 0.4) is 0 Å². The van der Waals surface area contributed by atoms with Crippen LogP contribution in [-0.2, 0) is 18.0 Å². The number of aromatic nitrogens is 5. The number of rotatable bonds is 5. The van der Waals surface area contributed by atoms with E-state index in [-0.39, 0.29) is 33.8 Å². The molecule has 0 saturated carbocycles. The van der Waals surface area contributed by atoms with Crippen LogP contribution in [0.15, 0.2) is 60.9 Å². The van der Waals surface area contributed by atoms with Crippen LogP contribution in [0.4, 0.5) is 29.1 Å². The predicted octanol–water partition coefficient (Wildman–Crippen LogP) is 5.82. The number of alkyl halides is 3. The molecule has 0 saturated heterocycles. The topological polar surface area (TPSA) is 86.9 Å². The first kappa shape index (κ1) is 24.9. The molecule has 0 aliphatic rings. The van der Waals surface area contributed by atoms with Crippen LogP contribution in [-0.4, -0.2) is 37.6 Å². The smallest absolute Gasteiger partial charge is 0.417 e. The number of methoxy groups -OCH3 is 1. The van der Waals surface area contributed by atoms with Crippen molar-refractivity contribution in [2.45, 2.75) is 13.1 Å². The van der Waals surface area contributed by atoms with Crippen LogP contribution < -0.4 is 5.32 Å². The summed E-state index contributed by atoms with van der Waals surface area (Å²) < 4.78 is 64.3. The molecule has 0 amide bonds. The number of carbonyl (C=O) groups excluding carboxylic acids is 1. The van der Waals surface area contributed by atoms with Crippen molar-refractivity contribution in [3.8, 4) is 16.9 Å². The standard InChI is InChI=1S/C26H20F4N6O2/c1-14-17(25(37)38-3)13-31-23-22(14)34-36(15-7-5-4-6-8-15)24(23)32-21-11-16(20-9-10-35(2)33-20)18(12-19(21)27)26(28,29)30/h4-13,32H,1-3H3. The molecule has 0 bridgehead atoms. The summed E-state index contributed by atoms with van der Waals surface area (Å²) >= 11 is 0. The van der Waals surface area contributed by atoms with Crippen LogP contribution in [0.1, 0.15) is 21.5 Å². The molecule has 0 aliphatic carbocycles. The summed E-state index contributed by atoms with van der Waals surface area (Å²) in [6.07, 6.45) is -2.00. The fourth-order valence-electron chi connectivity index (χ4n) is 4.12. The van der Waals surface area contributed by atoms with Gasteiger partial charge >= 0.3 is 12.1 Å². The number of para-hydroxylation sites is 1. The SMILES string of the molecule is COC(=O)c1cnc2c(Nc3cc(-c4ccn(C)n4)c(C(F)(F)F)cc3F)n(-c3ccccc3)nc2c1C. The molecule has 0 spiro atoms. The van der Waals surface area contributed by atoms with E-state index in [4.69, 9.17) is 4.74 Å². The van der Waals surface area contributed by atoms with E-state index >= 15 is 4.39 Å². The zero-order valence-corrected chi connectivity index (χ0v) is 20.3. The highest BCUT2D eigenvalue weighted by molar-refractivity contribution is 5.99. The van der Waals surface area contributed by atoms with Gasteiger partial charge in [0.25, 0.3) is 0 Å². The molecule has 1 N–H and O–H groups in total. The summed E-state index contributed by atoms with van der Waals surface area (Å²) in [5.74, 6) is -1.54. The van der Waals surface area contributed by atoms with Gasteiger partial charge in [0.15, 0.2) is 5.82 Å². The third-order valence-corrected chi connectivity index (χ3v) is 6.00. The van der Waals surface area contributed by atoms with Gasteiger partial charge in [0.1, 0.15) is 16.9 Å². The first-order valence-electron chi connectivity index (χ1n) is 11.3. The molecule has 0 atom stereocenters. The number of carbonyl (C=O) groups is 1. The maximum atomic E-state index is 15.2. The van der Waals surface area contributed by atoms with Gasteiger partial charge in [-0.1, -0.05) is 18.2 Å². The number of hydrogen-bond acceptors (Lipinski definition) is 6. The van der Waals surface area contributed by atoms with Gasteiger partial charge in [0, 0.05) is 25.0 Å². The average molecular weight is 524 g/mol. The summed E-state index contributed by atoms with van der Waals surface area (Å²) in [5.41, 5.74) is 0.184. The molecule has 0 aliphatic heterocycles. The van der Waals surface area contributed by atoms with Crippen molar-refractivity contribution in [2.75, 3.05) is 12.4 Å². The first-order valence-corrected chi connectivity index (χ1v) is 11.3. The van der Waals surface area contributed by atoms with E-state index in [9.17, 15) is 18.0 Å². The van der Waals surface area contributed by atoms with E-state index in [1.807, 2.05) is 0 Å². The molecule has 0 unspecified atom stereocenters. The minimum absolute atomic E-state index is 0.0287. The Hall–Kier alpha value is -4.74. The molecule has 5 aromatic rings. The van der Waals surface area contributed by atoms with Crippen LogP contribution in [0.25, 0.3) is 28.0 Å². The number of ether oxygens (including phenoxy) is 1. The van der Waals surface area contributed by atoms with E-state index in [2.05, 4.69) is 20.5 Å². The van der Waals surface area contributed by atoms with Crippen LogP contribution >= 0.6 is 0 Å². The third-order valence-electron chi connectivity index (χ3n) is 6.00. The molecular weight excluding hydrogens is 504 g/mol. The van der Waals surface area contributed by atoms with E-state index in [0.717, 1.165) is 6.07 Å². The molecule has 194 valence electrons. The summed E-state index contributed by atoms with van der Waals surface area (Å²) in [6.45, 7) is 1.67. The van der Waals surface area contributed by atoms with E-state index < -0.39 is 23.5 Å². The molecule has 38 heavy (non-hydrogen) atoms. The predicted molar refractivity (Wildman–Crippen MR) is 132 cm³/mol. The van der Waals surface area contributed by atoms with Gasteiger partial charge in [-0.2, -0.15) is 23.4 Å². The molecule has 12 heteroatoms. The number of halogens is 4. The lowest BCUT2D eigenvalue weighted by Gasteiger charge is -2.16. The summed E-state index contributed by atoms with van der Waals surface area (Å²) in [6, 6.07) is 11.7. The number of anilines is 2. The minimum Gasteiger partial charge on any atom is -0.465 e. The number of fused-ring (bicyclic) bond motifs is 1. The Morgan fingerprint density at radius 2 is 1.79 bits per heavy atom. The van der Waals surface area contributed by atoms with Gasteiger partial charge in [0.05, 0.1) is 35.3 Å². The Labute approximate surface area is 213 Å².